The van der Waals surface area contributed by atoms with Crippen LogP contribution in [-0.2, 0) is 17.9 Å². The van der Waals surface area contributed by atoms with E-state index in [4.69, 9.17) is 4.74 Å². The quantitative estimate of drug-likeness (QED) is 0.851. The van der Waals surface area contributed by atoms with Crippen LogP contribution in [0.2, 0.25) is 0 Å². The number of fused-ring (bicyclic) bond motifs is 1. The zero-order chi connectivity index (χ0) is 16.4. The third-order valence-corrected chi connectivity index (χ3v) is 3.93. The zero-order valence-electron chi connectivity index (χ0n) is 13.9. The molecule has 6 nitrogen and oxygen atoms in total. The van der Waals surface area contributed by atoms with Crippen LogP contribution in [-0.4, -0.2) is 27.3 Å². The summed E-state index contributed by atoms with van der Waals surface area (Å²) in [6, 6.07) is 5.88. The molecule has 1 aliphatic heterocycles. The van der Waals surface area contributed by atoms with Crippen LogP contribution in [0.1, 0.15) is 37.0 Å². The van der Waals surface area contributed by atoms with E-state index in [1.807, 2.05) is 36.7 Å². The topological polar surface area (TPSA) is 60.2 Å². The van der Waals surface area contributed by atoms with Crippen LogP contribution in [0.15, 0.2) is 18.2 Å². The SMILES string of the molecule is CCCCn1nc(C)nc1CN1C(=O)COc2ccc(C)cc21. The molecule has 122 valence electrons. The highest BCUT2D eigenvalue weighted by molar-refractivity contribution is 5.97. The largest absolute Gasteiger partial charge is 0.482 e. The van der Waals surface area contributed by atoms with E-state index in [0.717, 1.165) is 48.0 Å². The minimum atomic E-state index is -0.0502. The third kappa shape index (κ3) is 3.21. The van der Waals surface area contributed by atoms with Gasteiger partial charge in [0.15, 0.2) is 6.61 Å². The lowest BCUT2D eigenvalue weighted by molar-refractivity contribution is -0.121. The Kier molecular flexibility index (Phi) is 4.32. The molecule has 0 radical (unpaired) electrons. The molecule has 3 rings (SSSR count). The predicted molar refractivity (Wildman–Crippen MR) is 87.5 cm³/mol. The molecule has 0 spiro atoms. The monoisotopic (exact) mass is 314 g/mol. The molecule has 1 aliphatic rings. The van der Waals surface area contributed by atoms with E-state index in [0.29, 0.717) is 6.54 Å². The summed E-state index contributed by atoms with van der Waals surface area (Å²) < 4.78 is 7.44. The third-order valence-electron chi connectivity index (χ3n) is 3.93. The van der Waals surface area contributed by atoms with Gasteiger partial charge in [-0.05, 0) is 38.0 Å². The van der Waals surface area contributed by atoms with E-state index in [2.05, 4.69) is 17.0 Å². The number of amides is 1. The number of nitrogens with zero attached hydrogens (tertiary/aromatic N) is 4. The second kappa shape index (κ2) is 6.40. The molecule has 2 heterocycles. The van der Waals surface area contributed by atoms with Crippen LogP contribution in [0, 0.1) is 13.8 Å². The van der Waals surface area contributed by atoms with Crippen LogP contribution in [0.25, 0.3) is 0 Å². The molecule has 0 saturated carbocycles. The van der Waals surface area contributed by atoms with Gasteiger partial charge in [-0.2, -0.15) is 5.10 Å². The van der Waals surface area contributed by atoms with Gasteiger partial charge in [0.2, 0.25) is 0 Å². The van der Waals surface area contributed by atoms with Crippen molar-refractivity contribution < 1.29 is 9.53 Å². The standard InChI is InChI=1S/C17H22N4O2/c1-4-5-8-21-16(18-13(3)19-21)10-20-14-9-12(2)6-7-15(14)23-11-17(20)22/h6-7,9H,4-5,8,10-11H2,1-3H3. The van der Waals surface area contributed by atoms with Gasteiger partial charge in [0.1, 0.15) is 17.4 Å². The van der Waals surface area contributed by atoms with E-state index in [9.17, 15) is 4.79 Å². The van der Waals surface area contributed by atoms with Crippen molar-refractivity contribution in [2.24, 2.45) is 0 Å². The lowest BCUT2D eigenvalue weighted by Crippen LogP contribution is -2.39. The molecule has 0 unspecified atom stereocenters. The van der Waals surface area contributed by atoms with Crippen molar-refractivity contribution >= 4 is 11.6 Å². The molecule has 1 amide bonds. The van der Waals surface area contributed by atoms with Crippen molar-refractivity contribution in [3.05, 3.63) is 35.4 Å². The Hall–Kier alpha value is -2.37. The number of carbonyl (C=O) groups excluding carboxylic acids is 1. The highest BCUT2D eigenvalue weighted by Gasteiger charge is 2.27. The zero-order valence-corrected chi connectivity index (χ0v) is 13.9. The number of ether oxygens (including phenoxy) is 1. The van der Waals surface area contributed by atoms with Crippen molar-refractivity contribution in [1.82, 2.24) is 14.8 Å². The maximum atomic E-state index is 12.3. The van der Waals surface area contributed by atoms with Crippen LogP contribution in [0.4, 0.5) is 5.69 Å². The highest BCUT2D eigenvalue weighted by Crippen LogP contribution is 2.33. The lowest BCUT2D eigenvalue weighted by atomic mass is 10.1. The predicted octanol–water partition coefficient (Wildman–Crippen LogP) is 2.62. The van der Waals surface area contributed by atoms with Crippen LogP contribution < -0.4 is 9.64 Å². The number of hydrogen-bond donors (Lipinski definition) is 0. The van der Waals surface area contributed by atoms with Gasteiger partial charge in [0.05, 0.1) is 12.2 Å². The molecule has 0 fully saturated rings. The average molecular weight is 314 g/mol. The first-order valence-corrected chi connectivity index (χ1v) is 8.02. The molecular weight excluding hydrogens is 292 g/mol. The fourth-order valence-corrected chi connectivity index (χ4v) is 2.73. The van der Waals surface area contributed by atoms with Crippen molar-refractivity contribution in [1.29, 1.82) is 0 Å². The molecule has 0 saturated heterocycles. The Morgan fingerprint density at radius 3 is 2.91 bits per heavy atom. The Labute approximate surface area is 136 Å². The lowest BCUT2D eigenvalue weighted by Gasteiger charge is -2.29. The molecule has 1 aromatic heterocycles. The summed E-state index contributed by atoms with van der Waals surface area (Å²) in [6.07, 6.45) is 2.14. The van der Waals surface area contributed by atoms with Crippen LogP contribution in [0.3, 0.4) is 0 Å². The Morgan fingerprint density at radius 2 is 2.13 bits per heavy atom. The van der Waals surface area contributed by atoms with Gasteiger partial charge >= 0.3 is 0 Å². The average Bonchev–Trinajstić information content (AvgIpc) is 2.88. The first-order valence-electron chi connectivity index (χ1n) is 8.02. The summed E-state index contributed by atoms with van der Waals surface area (Å²) in [4.78, 5) is 18.6. The first-order chi connectivity index (χ1) is 11.1. The molecule has 0 N–H and O–H groups in total. The summed E-state index contributed by atoms with van der Waals surface area (Å²) in [7, 11) is 0. The molecule has 0 bridgehead atoms. The van der Waals surface area contributed by atoms with Crippen molar-refractivity contribution in [3.8, 4) is 5.75 Å². The van der Waals surface area contributed by atoms with Gasteiger partial charge in [-0.3, -0.25) is 9.69 Å². The number of hydrogen-bond acceptors (Lipinski definition) is 4. The number of carbonyl (C=O) groups is 1. The molecular formula is C17H22N4O2. The Morgan fingerprint density at radius 1 is 1.30 bits per heavy atom. The summed E-state index contributed by atoms with van der Waals surface area (Å²) in [5.41, 5.74) is 1.90. The van der Waals surface area contributed by atoms with E-state index in [1.165, 1.54) is 0 Å². The smallest absolute Gasteiger partial charge is 0.265 e. The van der Waals surface area contributed by atoms with Crippen LogP contribution in [0.5, 0.6) is 5.75 Å². The van der Waals surface area contributed by atoms with Gasteiger partial charge in [-0.25, -0.2) is 9.67 Å². The number of unbranched alkanes of at least 4 members (excludes halogenated alkanes) is 1. The van der Waals surface area contributed by atoms with Gasteiger partial charge in [-0.1, -0.05) is 19.4 Å². The van der Waals surface area contributed by atoms with Crippen molar-refractivity contribution in [3.63, 3.8) is 0 Å². The van der Waals surface area contributed by atoms with Crippen molar-refractivity contribution in [2.75, 3.05) is 11.5 Å². The maximum Gasteiger partial charge on any atom is 0.265 e. The van der Waals surface area contributed by atoms with E-state index in [1.54, 1.807) is 4.90 Å². The summed E-state index contributed by atoms with van der Waals surface area (Å²) in [5.74, 6) is 2.25. The molecule has 23 heavy (non-hydrogen) atoms. The van der Waals surface area contributed by atoms with Crippen LogP contribution >= 0.6 is 0 Å². The molecule has 1 aromatic carbocycles. The number of aromatic nitrogens is 3. The maximum absolute atomic E-state index is 12.3. The van der Waals surface area contributed by atoms with Gasteiger partial charge in [0.25, 0.3) is 5.91 Å². The first kappa shape index (κ1) is 15.5. The fourth-order valence-electron chi connectivity index (χ4n) is 2.73. The molecule has 2 aromatic rings. The highest BCUT2D eigenvalue weighted by atomic mass is 16.5. The van der Waals surface area contributed by atoms with E-state index < -0.39 is 0 Å². The van der Waals surface area contributed by atoms with Gasteiger partial charge in [-0.15, -0.1) is 0 Å². The normalized spacial score (nSPS) is 13.9. The minimum Gasteiger partial charge on any atom is -0.482 e. The molecule has 0 atom stereocenters. The summed E-state index contributed by atoms with van der Waals surface area (Å²) >= 11 is 0. The fraction of sp³-hybridized carbons (Fsp3) is 0.471. The van der Waals surface area contributed by atoms with Crippen molar-refractivity contribution in [2.45, 2.75) is 46.7 Å². The van der Waals surface area contributed by atoms with Gasteiger partial charge in [0, 0.05) is 6.54 Å². The Balaban J connectivity index is 1.91. The number of benzene rings is 1. The molecule has 6 heteroatoms. The van der Waals surface area contributed by atoms with E-state index in [-0.39, 0.29) is 12.5 Å². The summed E-state index contributed by atoms with van der Waals surface area (Å²) in [5, 5.41) is 4.45. The summed E-state index contributed by atoms with van der Waals surface area (Å²) in [6.45, 7) is 7.35. The number of aryl methyl sites for hydroxylation is 3. The second-order valence-electron chi connectivity index (χ2n) is 5.89. The number of anilines is 1. The molecule has 0 aliphatic carbocycles. The van der Waals surface area contributed by atoms with Gasteiger partial charge < -0.3 is 4.74 Å². The Bertz CT molecular complexity index is 723. The second-order valence-corrected chi connectivity index (χ2v) is 5.89. The number of rotatable bonds is 5. The van der Waals surface area contributed by atoms with E-state index >= 15 is 0 Å². The minimum absolute atomic E-state index is 0.0502.